The SMILES string of the molecule is COC(=O)C(=O)C1CCSc2cc(C(F)(F)F)ccc2C1=O. The summed E-state index contributed by atoms with van der Waals surface area (Å²) in [4.78, 5) is 35.6. The van der Waals surface area contributed by atoms with Crippen LogP contribution in [0.1, 0.15) is 22.3 Å². The lowest BCUT2D eigenvalue weighted by molar-refractivity contribution is -0.152. The van der Waals surface area contributed by atoms with E-state index in [2.05, 4.69) is 4.74 Å². The number of carbonyl (C=O) groups excluding carboxylic acids is 3. The largest absolute Gasteiger partial charge is 0.463 e. The number of ketones is 2. The van der Waals surface area contributed by atoms with E-state index in [9.17, 15) is 27.6 Å². The maximum absolute atomic E-state index is 12.7. The van der Waals surface area contributed by atoms with Gasteiger partial charge in [0.2, 0.25) is 0 Å². The van der Waals surface area contributed by atoms with Gasteiger partial charge in [0.25, 0.3) is 5.78 Å². The first-order valence-corrected chi connectivity index (χ1v) is 7.24. The van der Waals surface area contributed by atoms with E-state index < -0.39 is 35.2 Å². The molecule has 0 saturated carbocycles. The fraction of sp³-hybridized carbons (Fsp3) is 0.357. The summed E-state index contributed by atoms with van der Waals surface area (Å²) in [5, 5.41) is 0. The lowest BCUT2D eigenvalue weighted by Gasteiger charge is -2.12. The smallest absolute Gasteiger partial charge is 0.416 e. The summed E-state index contributed by atoms with van der Waals surface area (Å²) < 4.78 is 42.4. The third kappa shape index (κ3) is 3.16. The summed E-state index contributed by atoms with van der Waals surface area (Å²) in [5.41, 5.74) is -0.831. The van der Waals surface area contributed by atoms with E-state index in [4.69, 9.17) is 0 Å². The zero-order valence-electron chi connectivity index (χ0n) is 11.4. The summed E-state index contributed by atoms with van der Waals surface area (Å²) in [6.07, 6.45) is -4.43. The van der Waals surface area contributed by atoms with Crippen molar-refractivity contribution in [2.24, 2.45) is 5.92 Å². The maximum Gasteiger partial charge on any atom is 0.416 e. The minimum atomic E-state index is -4.51. The second-order valence-electron chi connectivity index (χ2n) is 4.62. The van der Waals surface area contributed by atoms with Crippen molar-refractivity contribution in [3.63, 3.8) is 0 Å². The molecular weight excluding hydrogens is 321 g/mol. The highest BCUT2D eigenvalue weighted by Gasteiger charge is 2.37. The van der Waals surface area contributed by atoms with Gasteiger partial charge in [0, 0.05) is 10.5 Å². The summed E-state index contributed by atoms with van der Waals surface area (Å²) >= 11 is 1.06. The first kappa shape index (κ1) is 16.5. The first-order chi connectivity index (χ1) is 10.3. The van der Waals surface area contributed by atoms with Crippen molar-refractivity contribution < 1.29 is 32.3 Å². The van der Waals surface area contributed by atoms with Crippen LogP contribution in [-0.2, 0) is 20.5 Å². The number of benzene rings is 1. The highest BCUT2D eigenvalue weighted by Crippen LogP contribution is 2.37. The molecule has 2 rings (SSSR count). The van der Waals surface area contributed by atoms with E-state index in [0.717, 1.165) is 37.1 Å². The molecule has 0 saturated heterocycles. The van der Waals surface area contributed by atoms with E-state index in [1.165, 1.54) is 0 Å². The molecule has 0 radical (unpaired) electrons. The molecule has 0 amide bonds. The van der Waals surface area contributed by atoms with Crippen molar-refractivity contribution in [1.29, 1.82) is 0 Å². The number of thioether (sulfide) groups is 1. The molecule has 0 aromatic heterocycles. The van der Waals surface area contributed by atoms with Gasteiger partial charge in [0.15, 0.2) is 5.78 Å². The molecule has 1 atom stereocenters. The van der Waals surface area contributed by atoms with Gasteiger partial charge in [0.1, 0.15) is 0 Å². The normalized spacial score (nSPS) is 18.4. The fourth-order valence-electron chi connectivity index (χ4n) is 2.12. The Morgan fingerprint density at radius 2 is 2.00 bits per heavy atom. The van der Waals surface area contributed by atoms with Crippen molar-refractivity contribution >= 4 is 29.3 Å². The monoisotopic (exact) mass is 332 g/mol. The maximum atomic E-state index is 12.7. The molecule has 8 heteroatoms. The zero-order valence-corrected chi connectivity index (χ0v) is 12.2. The van der Waals surface area contributed by atoms with Crippen LogP contribution in [-0.4, -0.2) is 30.4 Å². The molecule has 1 aromatic rings. The van der Waals surface area contributed by atoms with Crippen molar-refractivity contribution in [2.75, 3.05) is 12.9 Å². The fourth-order valence-corrected chi connectivity index (χ4v) is 3.23. The number of carbonyl (C=O) groups is 3. The van der Waals surface area contributed by atoms with Gasteiger partial charge < -0.3 is 4.74 Å². The molecule has 0 aliphatic carbocycles. The van der Waals surface area contributed by atoms with Gasteiger partial charge in [-0.15, -0.1) is 11.8 Å². The third-order valence-corrected chi connectivity index (χ3v) is 4.35. The standard InChI is InChI=1S/C14H11F3O4S/c1-21-13(20)12(19)9-4-5-22-10-6-7(14(15,16)17)2-3-8(10)11(9)18/h2-3,6,9H,4-5H2,1H3. The molecule has 0 fully saturated rings. The van der Waals surface area contributed by atoms with Gasteiger partial charge >= 0.3 is 12.1 Å². The molecule has 118 valence electrons. The van der Waals surface area contributed by atoms with Crippen LogP contribution in [0.2, 0.25) is 0 Å². The molecular formula is C14H11F3O4S. The Morgan fingerprint density at radius 3 is 2.59 bits per heavy atom. The van der Waals surface area contributed by atoms with Gasteiger partial charge in [-0.3, -0.25) is 9.59 Å². The lowest BCUT2D eigenvalue weighted by atomic mass is 9.91. The van der Waals surface area contributed by atoms with Gasteiger partial charge in [0.05, 0.1) is 18.6 Å². The average Bonchev–Trinajstić information content (AvgIpc) is 2.63. The molecule has 4 nitrogen and oxygen atoms in total. The minimum absolute atomic E-state index is 0.0257. The van der Waals surface area contributed by atoms with Crippen molar-refractivity contribution in [2.45, 2.75) is 17.5 Å². The zero-order chi connectivity index (χ0) is 16.5. The number of halogens is 3. The van der Waals surface area contributed by atoms with E-state index >= 15 is 0 Å². The number of esters is 1. The van der Waals surface area contributed by atoms with Crippen LogP contribution in [0, 0.1) is 5.92 Å². The highest BCUT2D eigenvalue weighted by atomic mass is 32.2. The summed E-state index contributed by atoms with van der Waals surface area (Å²) in [6, 6.07) is 2.74. The topological polar surface area (TPSA) is 60.4 Å². The van der Waals surface area contributed by atoms with Crippen LogP contribution in [0.25, 0.3) is 0 Å². The molecule has 0 N–H and O–H groups in total. The molecule has 1 aromatic carbocycles. The number of rotatable bonds is 2. The van der Waals surface area contributed by atoms with Gasteiger partial charge in [-0.1, -0.05) is 0 Å². The van der Waals surface area contributed by atoms with Crippen molar-refractivity contribution in [3.8, 4) is 0 Å². The van der Waals surface area contributed by atoms with E-state index in [1.807, 2.05) is 0 Å². The lowest BCUT2D eigenvalue weighted by Crippen LogP contribution is -2.31. The molecule has 1 aliphatic heterocycles. The molecule has 1 heterocycles. The van der Waals surface area contributed by atoms with Gasteiger partial charge in [-0.25, -0.2) is 4.79 Å². The molecule has 1 unspecified atom stereocenters. The molecule has 0 bridgehead atoms. The van der Waals surface area contributed by atoms with Crippen molar-refractivity contribution in [1.82, 2.24) is 0 Å². The summed E-state index contributed by atoms with van der Waals surface area (Å²) in [5.74, 6) is -3.70. The number of fused-ring (bicyclic) bond motifs is 1. The van der Waals surface area contributed by atoms with Gasteiger partial charge in [-0.2, -0.15) is 13.2 Å². The van der Waals surface area contributed by atoms with E-state index in [-0.39, 0.29) is 22.6 Å². The van der Waals surface area contributed by atoms with Crippen LogP contribution in [0.4, 0.5) is 13.2 Å². The van der Waals surface area contributed by atoms with Gasteiger partial charge in [-0.05, 0) is 30.4 Å². The Bertz CT molecular complexity index is 639. The summed E-state index contributed by atoms with van der Waals surface area (Å²) in [7, 11) is 1.03. The molecule has 1 aliphatic rings. The second kappa shape index (κ2) is 6.12. The van der Waals surface area contributed by atoms with E-state index in [0.29, 0.717) is 0 Å². The Balaban J connectivity index is 2.39. The molecule has 0 spiro atoms. The number of ether oxygens (including phenoxy) is 1. The number of alkyl halides is 3. The van der Waals surface area contributed by atoms with Crippen LogP contribution in [0.15, 0.2) is 23.1 Å². The van der Waals surface area contributed by atoms with Crippen molar-refractivity contribution in [3.05, 3.63) is 29.3 Å². The number of methoxy groups -OCH3 is 1. The van der Waals surface area contributed by atoms with Crippen LogP contribution in [0.5, 0.6) is 0 Å². The number of Topliss-reactive ketones (excluding diaryl/α,β-unsaturated/α-hetero) is 2. The third-order valence-electron chi connectivity index (χ3n) is 3.26. The Kier molecular flexibility index (Phi) is 4.60. The Hall–Kier alpha value is -1.83. The van der Waals surface area contributed by atoms with Crippen LogP contribution >= 0.6 is 11.8 Å². The molecule has 22 heavy (non-hydrogen) atoms. The average molecular weight is 332 g/mol. The van der Waals surface area contributed by atoms with Crippen LogP contribution < -0.4 is 0 Å². The minimum Gasteiger partial charge on any atom is -0.463 e. The summed E-state index contributed by atoms with van der Waals surface area (Å²) in [6.45, 7) is 0. The second-order valence-corrected chi connectivity index (χ2v) is 5.76. The number of hydrogen-bond acceptors (Lipinski definition) is 5. The van der Waals surface area contributed by atoms with Crippen LogP contribution in [0.3, 0.4) is 0 Å². The predicted octanol–water partition coefficient (Wildman–Crippen LogP) is 2.74. The quantitative estimate of drug-likeness (QED) is 0.473. The number of hydrogen-bond donors (Lipinski definition) is 0. The highest BCUT2D eigenvalue weighted by molar-refractivity contribution is 7.99. The van der Waals surface area contributed by atoms with E-state index in [1.54, 1.807) is 0 Å². The Morgan fingerprint density at radius 1 is 1.32 bits per heavy atom. The first-order valence-electron chi connectivity index (χ1n) is 6.26. The predicted molar refractivity (Wildman–Crippen MR) is 71.6 cm³/mol. The Labute approximate surface area is 128 Å².